The van der Waals surface area contributed by atoms with E-state index in [4.69, 9.17) is 4.74 Å². The minimum atomic E-state index is -0.990. The second-order valence-electron chi connectivity index (χ2n) is 6.11. The summed E-state index contributed by atoms with van der Waals surface area (Å²) in [6.45, 7) is 4.89. The van der Waals surface area contributed by atoms with Gasteiger partial charge in [0.05, 0.1) is 0 Å². The molecule has 0 spiro atoms. The fourth-order valence-corrected chi connectivity index (χ4v) is 3.63. The van der Waals surface area contributed by atoms with E-state index in [9.17, 15) is 9.59 Å². The normalized spacial score (nSPS) is 11.6. The Labute approximate surface area is 168 Å². The quantitative estimate of drug-likeness (QED) is 0.551. The van der Waals surface area contributed by atoms with Crippen LogP contribution in [0.5, 0.6) is 0 Å². The molecule has 0 radical (unpaired) electrons. The third kappa shape index (κ3) is 4.46. The highest BCUT2D eigenvalue weighted by atomic mass is 32.1. The van der Waals surface area contributed by atoms with Crippen molar-refractivity contribution in [1.29, 1.82) is 0 Å². The summed E-state index contributed by atoms with van der Waals surface area (Å²) < 4.78 is 5.63. The standard InChI is InChI=1S/C22H22N2O3S/c1-3-24(4-2)21(25)19(16-11-7-5-8-12-16)27-22(26)18-15-28-20(23-18)17-13-9-6-10-14-17/h5-15,19H,3-4H2,1-2H3/t19-/m1/s1. The van der Waals surface area contributed by atoms with Gasteiger partial charge in [-0.05, 0) is 13.8 Å². The lowest BCUT2D eigenvalue weighted by molar-refractivity contribution is -0.140. The van der Waals surface area contributed by atoms with Crippen molar-refractivity contribution < 1.29 is 14.3 Å². The first-order valence-corrected chi connectivity index (χ1v) is 10.1. The molecule has 1 heterocycles. The van der Waals surface area contributed by atoms with Crippen molar-refractivity contribution >= 4 is 23.2 Å². The van der Waals surface area contributed by atoms with Crippen LogP contribution >= 0.6 is 11.3 Å². The Bertz CT molecular complexity index is 921. The second kappa shape index (κ2) is 9.28. The number of aromatic nitrogens is 1. The zero-order valence-electron chi connectivity index (χ0n) is 15.9. The molecule has 1 amide bonds. The number of thiazole rings is 1. The van der Waals surface area contributed by atoms with Crippen molar-refractivity contribution in [3.05, 3.63) is 77.3 Å². The fraction of sp³-hybridized carbons (Fsp3) is 0.227. The molecule has 3 rings (SSSR count). The number of nitrogens with zero attached hydrogens (tertiary/aromatic N) is 2. The molecule has 1 aromatic heterocycles. The Morgan fingerprint density at radius 3 is 2.21 bits per heavy atom. The lowest BCUT2D eigenvalue weighted by Gasteiger charge is -2.25. The number of rotatable bonds is 7. The number of carbonyl (C=O) groups excluding carboxylic acids is 2. The highest BCUT2D eigenvalue weighted by Gasteiger charge is 2.29. The van der Waals surface area contributed by atoms with Gasteiger partial charge < -0.3 is 9.64 Å². The van der Waals surface area contributed by atoms with Gasteiger partial charge in [0, 0.05) is 29.6 Å². The van der Waals surface area contributed by atoms with Gasteiger partial charge in [-0.15, -0.1) is 11.3 Å². The topological polar surface area (TPSA) is 59.5 Å². The summed E-state index contributed by atoms with van der Waals surface area (Å²) in [6.07, 6.45) is -0.990. The molecule has 1 atom stereocenters. The number of hydrogen-bond donors (Lipinski definition) is 0. The van der Waals surface area contributed by atoms with Crippen molar-refractivity contribution in [2.45, 2.75) is 20.0 Å². The van der Waals surface area contributed by atoms with Crippen LogP contribution in [-0.4, -0.2) is 34.8 Å². The van der Waals surface area contributed by atoms with Gasteiger partial charge >= 0.3 is 5.97 Å². The number of ether oxygens (including phenoxy) is 1. The molecule has 144 valence electrons. The lowest BCUT2D eigenvalue weighted by atomic mass is 10.1. The van der Waals surface area contributed by atoms with Crippen LogP contribution in [0.25, 0.3) is 10.6 Å². The average molecular weight is 394 g/mol. The fourth-order valence-electron chi connectivity index (χ4n) is 2.84. The molecule has 0 fully saturated rings. The van der Waals surface area contributed by atoms with E-state index in [1.807, 2.05) is 62.4 Å². The van der Waals surface area contributed by atoms with Crippen LogP contribution in [0.4, 0.5) is 0 Å². The van der Waals surface area contributed by atoms with Gasteiger partial charge in [0.1, 0.15) is 5.01 Å². The second-order valence-corrected chi connectivity index (χ2v) is 6.97. The SMILES string of the molecule is CCN(CC)C(=O)[C@H](OC(=O)c1csc(-c2ccccc2)n1)c1ccccc1. The van der Waals surface area contributed by atoms with Crippen LogP contribution in [0.2, 0.25) is 0 Å². The number of amides is 1. The minimum absolute atomic E-state index is 0.206. The monoisotopic (exact) mass is 394 g/mol. The first-order chi connectivity index (χ1) is 13.6. The van der Waals surface area contributed by atoms with E-state index >= 15 is 0 Å². The first-order valence-electron chi connectivity index (χ1n) is 9.19. The molecule has 28 heavy (non-hydrogen) atoms. The highest BCUT2D eigenvalue weighted by molar-refractivity contribution is 7.13. The largest absolute Gasteiger partial charge is 0.443 e. The average Bonchev–Trinajstić information content (AvgIpc) is 3.24. The van der Waals surface area contributed by atoms with Gasteiger partial charge in [-0.1, -0.05) is 60.7 Å². The molecule has 0 aliphatic rings. The van der Waals surface area contributed by atoms with Crippen LogP contribution in [0.1, 0.15) is 36.0 Å². The predicted octanol–water partition coefficient (Wildman–Crippen LogP) is 4.58. The molecule has 0 aliphatic carbocycles. The summed E-state index contributed by atoms with van der Waals surface area (Å²) >= 11 is 1.37. The van der Waals surface area contributed by atoms with Gasteiger partial charge in [-0.25, -0.2) is 9.78 Å². The van der Waals surface area contributed by atoms with Crippen LogP contribution in [0.15, 0.2) is 66.0 Å². The van der Waals surface area contributed by atoms with Crippen molar-refractivity contribution in [2.75, 3.05) is 13.1 Å². The summed E-state index contributed by atoms with van der Waals surface area (Å²) in [5.74, 6) is -0.837. The first kappa shape index (κ1) is 19.8. The van der Waals surface area contributed by atoms with Gasteiger partial charge in [0.2, 0.25) is 6.10 Å². The Balaban J connectivity index is 1.83. The summed E-state index contributed by atoms with van der Waals surface area (Å²) in [5.41, 5.74) is 1.79. The van der Waals surface area contributed by atoms with Crippen LogP contribution in [-0.2, 0) is 9.53 Å². The Morgan fingerprint density at radius 1 is 1.00 bits per heavy atom. The van der Waals surface area contributed by atoms with E-state index in [-0.39, 0.29) is 11.6 Å². The molecular formula is C22H22N2O3S. The smallest absolute Gasteiger partial charge is 0.358 e. The molecule has 0 unspecified atom stereocenters. The van der Waals surface area contributed by atoms with Crippen molar-refractivity contribution in [1.82, 2.24) is 9.88 Å². The zero-order chi connectivity index (χ0) is 19.9. The number of likely N-dealkylation sites (N-methyl/N-ethyl adjacent to an activating group) is 1. The van der Waals surface area contributed by atoms with E-state index < -0.39 is 12.1 Å². The van der Waals surface area contributed by atoms with Crippen molar-refractivity contribution in [3.8, 4) is 10.6 Å². The maximum Gasteiger partial charge on any atom is 0.358 e. The van der Waals surface area contributed by atoms with Gasteiger partial charge in [0.15, 0.2) is 5.69 Å². The molecule has 0 aliphatic heterocycles. The number of hydrogen-bond acceptors (Lipinski definition) is 5. The molecule has 5 nitrogen and oxygen atoms in total. The zero-order valence-corrected chi connectivity index (χ0v) is 16.7. The number of esters is 1. The Morgan fingerprint density at radius 2 is 1.61 bits per heavy atom. The maximum absolute atomic E-state index is 12.9. The molecule has 0 bridgehead atoms. The number of benzene rings is 2. The van der Waals surface area contributed by atoms with Gasteiger partial charge in [-0.2, -0.15) is 0 Å². The van der Waals surface area contributed by atoms with E-state index in [2.05, 4.69) is 4.98 Å². The molecule has 3 aromatic rings. The van der Waals surface area contributed by atoms with Crippen LogP contribution in [0, 0.1) is 0 Å². The molecular weight excluding hydrogens is 372 g/mol. The van der Waals surface area contributed by atoms with Gasteiger partial charge in [-0.3, -0.25) is 4.79 Å². The minimum Gasteiger partial charge on any atom is -0.443 e. The third-order valence-corrected chi connectivity index (χ3v) is 5.25. The molecule has 0 saturated heterocycles. The van der Waals surface area contributed by atoms with E-state index in [1.54, 1.807) is 22.4 Å². The van der Waals surface area contributed by atoms with E-state index in [0.717, 1.165) is 10.6 Å². The van der Waals surface area contributed by atoms with Crippen molar-refractivity contribution in [3.63, 3.8) is 0 Å². The Hall–Kier alpha value is -2.99. The number of carbonyl (C=O) groups is 2. The predicted molar refractivity (Wildman–Crippen MR) is 110 cm³/mol. The van der Waals surface area contributed by atoms with Crippen LogP contribution in [0.3, 0.4) is 0 Å². The highest BCUT2D eigenvalue weighted by Crippen LogP contribution is 2.26. The summed E-state index contributed by atoms with van der Waals surface area (Å²) in [6, 6.07) is 18.7. The van der Waals surface area contributed by atoms with Crippen LogP contribution < -0.4 is 0 Å². The van der Waals surface area contributed by atoms with Crippen molar-refractivity contribution in [2.24, 2.45) is 0 Å². The molecule has 6 heteroatoms. The lowest BCUT2D eigenvalue weighted by Crippen LogP contribution is -2.36. The summed E-state index contributed by atoms with van der Waals surface area (Å²) in [5, 5.41) is 2.40. The summed E-state index contributed by atoms with van der Waals surface area (Å²) in [4.78, 5) is 31.7. The molecule has 0 saturated carbocycles. The summed E-state index contributed by atoms with van der Waals surface area (Å²) in [7, 11) is 0. The molecule has 0 N–H and O–H groups in total. The van der Waals surface area contributed by atoms with Gasteiger partial charge in [0.25, 0.3) is 5.91 Å². The third-order valence-electron chi connectivity index (χ3n) is 4.36. The van der Waals surface area contributed by atoms with E-state index in [1.165, 1.54) is 11.3 Å². The molecule has 2 aromatic carbocycles. The van der Waals surface area contributed by atoms with E-state index in [0.29, 0.717) is 18.7 Å². The maximum atomic E-state index is 12.9. The Kier molecular flexibility index (Phi) is 6.55.